The molecule has 2 unspecified atom stereocenters. The van der Waals surface area contributed by atoms with Crippen molar-refractivity contribution in [2.75, 3.05) is 11.6 Å². The van der Waals surface area contributed by atoms with Gasteiger partial charge in [-0.05, 0) is 31.1 Å². The van der Waals surface area contributed by atoms with Crippen molar-refractivity contribution in [1.29, 1.82) is 0 Å². The van der Waals surface area contributed by atoms with E-state index in [1.807, 2.05) is 37.3 Å². The standard InChI is InChI=1S/C14H18ClNOS/c1-14(8-5-9-18-14)13(17)16-12(10-15)11-6-3-2-4-7-11/h2-4,6-7,12H,5,8-10H2,1H3,(H,16,17). The molecule has 1 aromatic carbocycles. The summed E-state index contributed by atoms with van der Waals surface area (Å²) in [6.07, 6.45) is 2.07. The highest BCUT2D eigenvalue weighted by Gasteiger charge is 2.37. The maximum Gasteiger partial charge on any atom is 0.236 e. The van der Waals surface area contributed by atoms with E-state index in [4.69, 9.17) is 11.6 Å². The van der Waals surface area contributed by atoms with Gasteiger partial charge in [-0.25, -0.2) is 0 Å². The molecule has 0 aromatic heterocycles. The van der Waals surface area contributed by atoms with Gasteiger partial charge in [0, 0.05) is 5.88 Å². The van der Waals surface area contributed by atoms with Crippen molar-refractivity contribution < 1.29 is 4.79 Å². The van der Waals surface area contributed by atoms with Crippen LogP contribution in [0.25, 0.3) is 0 Å². The Balaban J connectivity index is 2.05. The van der Waals surface area contributed by atoms with Crippen LogP contribution in [-0.4, -0.2) is 22.3 Å². The van der Waals surface area contributed by atoms with Crippen molar-refractivity contribution in [1.82, 2.24) is 5.32 Å². The number of halogens is 1. The molecule has 98 valence electrons. The van der Waals surface area contributed by atoms with Gasteiger partial charge in [0.25, 0.3) is 0 Å². The molecule has 2 rings (SSSR count). The quantitative estimate of drug-likeness (QED) is 0.859. The van der Waals surface area contributed by atoms with Gasteiger partial charge in [-0.15, -0.1) is 23.4 Å². The third kappa shape index (κ3) is 3.01. The van der Waals surface area contributed by atoms with Gasteiger partial charge >= 0.3 is 0 Å². The van der Waals surface area contributed by atoms with Crippen LogP contribution >= 0.6 is 23.4 Å². The van der Waals surface area contributed by atoms with Gasteiger partial charge in [0.2, 0.25) is 5.91 Å². The van der Waals surface area contributed by atoms with Crippen LogP contribution in [0.1, 0.15) is 31.4 Å². The smallest absolute Gasteiger partial charge is 0.236 e. The molecule has 0 saturated carbocycles. The van der Waals surface area contributed by atoms with Crippen LogP contribution in [0.3, 0.4) is 0 Å². The van der Waals surface area contributed by atoms with Crippen LogP contribution in [0, 0.1) is 0 Å². The van der Waals surface area contributed by atoms with Crippen molar-refractivity contribution in [2.24, 2.45) is 0 Å². The molecule has 1 aromatic rings. The zero-order valence-corrected chi connectivity index (χ0v) is 12.1. The SMILES string of the molecule is CC1(C(=O)NC(CCl)c2ccccc2)CCCS1. The molecule has 1 N–H and O–H groups in total. The summed E-state index contributed by atoms with van der Waals surface area (Å²) in [6, 6.07) is 9.79. The number of rotatable bonds is 4. The van der Waals surface area contributed by atoms with E-state index in [0.29, 0.717) is 5.88 Å². The predicted octanol–water partition coefficient (Wildman–Crippen LogP) is 3.37. The lowest BCUT2D eigenvalue weighted by molar-refractivity contribution is -0.123. The maximum atomic E-state index is 12.3. The highest BCUT2D eigenvalue weighted by molar-refractivity contribution is 8.01. The number of thioether (sulfide) groups is 1. The first-order chi connectivity index (χ1) is 8.65. The lowest BCUT2D eigenvalue weighted by Gasteiger charge is -2.25. The fourth-order valence-electron chi connectivity index (χ4n) is 2.17. The Labute approximate surface area is 117 Å². The van der Waals surface area contributed by atoms with Crippen LogP contribution in [0.2, 0.25) is 0 Å². The zero-order valence-electron chi connectivity index (χ0n) is 10.5. The fraction of sp³-hybridized carbons (Fsp3) is 0.500. The van der Waals surface area contributed by atoms with Crippen LogP contribution in [0.4, 0.5) is 0 Å². The van der Waals surface area contributed by atoms with Crippen LogP contribution in [-0.2, 0) is 4.79 Å². The van der Waals surface area contributed by atoms with Gasteiger partial charge in [0.05, 0.1) is 10.8 Å². The van der Waals surface area contributed by atoms with Gasteiger partial charge < -0.3 is 5.32 Å². The van der Waals surface area contributed by atoms with Crippen molar-refractivity contribution in [3.8, 4) is 0 Å². The molecule has 18 heavy (non-hydrogen) atoms. The van der Waals surface area contributed by atoms with Crippen molar-refractivity contribution in [2.45, 2.75) is 30.6 Å². The number of carbonyl (C=O) groups excluding carboxylic acids is 1. The Hall–Kier alpha value is -0.670. The summed E-state index contributed by atoms with van der Waals surface area (Å²) in [5.74, 6) is 1.58. The summed E-state index contributed by atoms with van der Waals surface area (Å²) < 4.78 is -0.279. The Morgan fingerprint density at radius 3 is 2.78 bits per heavy atom. The van der Waals surface area contributed by atoms with E-state index in [0.717, 1.165) is 24.2 Å². The molecule has 2 nitrogen and oxygen atoms in total. The molecule has 1 aliphatic heterocycles. The number of nitrogens with one attached hydrogen (secondary N) is 1. The summed E-state index contributed by atoms with van der Waals surface area (Å²) in [5.41, 5.74) is 1.06. The van der Waals surface area contributed by atoms with Crippen LogP contribution in [0.5, 0.6) is 0 Å². The van der Waals surface area contributed by atoms with E-state index in [2.05, 4.69) is 5.32 Å². The molecule has 1 heterocycles. The number of benzene rings is 1. The number of alkyl halides is 1. The molecule has 1 saturated heterocycles. The van der Waals surface area contributed by atoms with E-state index in [1.54, 1.807) is 11.8 Å². The molecule has 4 heteroatoms. The third-order valence-electron chi connectivity index (χ3n) is 3.36. The Kier molecular flexibility index (Phi) is 4.57. The van der Waals surface area contributed by atoms with Gasteiger partial charge in [0.15, 0.2) is 0 Å². The number of amides is 1. The Morgan fingerprint density at radius 1 is 1.50 bits per heavy atom. The van der Waals surface area contributed by atoms with Gasteiger partial charge in [-0.2, -0.15) is 0 Å². The molecule has 2 atom stereocenters. The first kappa shape index (κ1) is 13.8. The minimum Gasteiger partial charge on any atom is -0.347 e. The summed E-state index contributed by atoms with van der Waals surface area (Å²) in [7, 11) is 0. The molecule has 0 bridgehead atoms. The molecular formula is C14H18ClNOS. The number of hydrogen-bond acceptors (Lipinski definition) is 2. The molecule has 0 radical (unpaired) electrons. The average Bonchev–Trinajstić information content (AvgIpc) is 2.85. The highest BCUT2D eigenvalue weighted by atomic mass is 35.5. The van der Waals surface area contributed by atoms with Crippen molar-refractivity contribution >= 4 is 29.3 Å². The van der Waals surface area contributed by atoms with E-state index in [9.17, 15) is 4.79 Å². The van der Waals surface area contributed by atoms with Crippen LogP contribution < -0.4 is 5.32 Å². The van der Waals surface area contributed by atoms with Crippen molar-refractivity contribution in [3.63, 3.8) is 0 Å². The normalized spacial score (nSPS) is 24.8. The van der Waals surface area contributed by atoms with E-state index >= 15 is 0 Å². The fourth-order valence-corrected chi connectivity index (χ4v) is 3.64. The maximum absolute atomic E-state index is 12.3. The second-order valence-electron chi connectivity index (χ2n) is 4.77. The first-order valence-electron chi connectivity index (χ1n) is 6.21. The van der Waals surface area contributed by atoms with E-state index in [1.165, 1.54) is 0 Å². The highest BCUT2D eigenvalue weighted by Crippen LogP contribution is 2.38. The molecule has 1 fully saturated rings. The van der Waals surface area contributed by atoms with Gasteiger partial charge in [0.1, 0.15) is 0 Å². The zero-order chi connectivity index (χ0) is 13.0. The minimum atomic E-state index is -0.279. The molecular weight excluding hydrogens is 266 g/mol. The Morgan fingerprint density at radius 2 is 2.22 bits per heavy atom. The minimum absolute atomic E-state index is 0.0987. The van der Waals surface area contributed by atoms with Crippen molar-refractivity contribution in [3.05, 3.63) is 35.9 Å². The molecule has 1 aliphatic rings. The predicted molar refractivity (Wildman–Crippen MR) is 78.1 cm³/mol. The van der Waals surface area contributed by atoms with Crippen LogP contribution in [0.15, 0.2) is 30.3 Å². The molecule has 0 aliphatic carbocycles. The lowest BCUT2D eigenvalue weighted by atomic mass is 10.0. The van der Waals surface area contributed by atoms with Gasteiger partial charge in [-0.3, -0.25) is 4.79 Å². The second kappa shape index (κ2) is 5.98. The topological polar surface area (TPSA) is 29.1 Å². The average molecular weight is 284 g/mol. The summed E-state index contributed by atoms with van der Waals surface area (Å²) in [4.78, 5) is 12.3. The number of hydrogen-bond donors (Lipinski definition) is 1. The summed E-state index contributed by atoms with van der Waals surface area (Å²) in [6.45, 7) is 2.02. The first-order valence-corrected chi connectivity index (χ1v) is 7.73. The Bertz CT molecular complexity index is 404. The molecule has 0 spiro atoms. The second-order valence-corrected chi connectivity index (χ2v) is 6.68. The largest absolute Gasteiger partial charge is 0.347 e. The third-order valence-corrected chi connectivity index (χ3v) is 5.19. The summed E-state index contributed by atoms with van der Waals surface area (Å²) in [5, 5.41) is 3.07. The van der Waals surface area contributed by atoms with Gasteiger partial charge in [-0.1, -0.05) is 30.3 Å². The number of carbonyl (C=O) groups is 1. The summed E-state index contributed by atoms with van der Waals surface area (Å²) >= 11 is 7.72. The molecule has 1 amide bonds. The lowest BCUT2D eigenvalue weighted by Crippen LogP contribution is -2.42. The van der Waals surface area contributed by atoms with E-state index < -0.39 is 0 Å². The van der Waals surface area contributed by atoms with E-state index in [-0.39, 0.29) is 16.7 Å². The monoisotopic (exact) mass is 283 g/mol.